The molecule has 0 unspecified atom stereocenters. The second-order valence-corrected chi connectivity index (χ2v) is 10.2. The molecule has 2 N–H and O–H groups in total. The van der Waals surface area contributed by atoms with Gasteiger partial charge in [-0.2, -0.15) is 8.42 Å². The number of hydrogen-bond donors (Lipinski definition) is 2. The van der Waals surface area contributed by atoms with Gasteiger partial charge in [-0.05, 0) is 49.1 Å². The molecule has 3 rings (SSSR count). The SMILES string of the molecule is O=C1CN(c2ccc(CCCCS(=O)(=O)c3ccccc3)cc2O)S(=O)(=O)N1. The van der Waals surface area contributed by atoms with Crippen LogP contribution in [0.4, 0.5) is 5.69 Å². The molecule has 1 aliphatic rings. The second-order valence-electron chi connectivity index (χ2n) is 6.45. The topological polar surface area (TPSA) is 121 Å². The van der Waals surface area contributed by atoms with Crippen molar-refractivity contribution in [3.05, 3.63) is 54.1 Å². The molecule has 2 aromatic rings. The molecule has 1 aliphatic heterocycles. The summed E-state index contributed by atoms with van der Waals surface area (Å²) in [6, 6.07) is 12.8. The molecule has 1 heterocycles. The Bertz CT molecular complexity index is 1080. The molecule has 8 nitrogen and oxygen atoms in total. The van der Waals surface area contributed by atoms with Crippen molar-refractivity contribution in [2.24, 2.45) is 0 Å². The number of aryl methyl sites for hydroxylation is 1. The number of sulfone groups is 1. The van der Waals surface area contributed by atoms with Gasteiger partial charge in [-0.1, -0.05) is 24.3 Å². The van der Waals surface area contributed by atoms with Crippen molar-refractivity contribution >= 4 is 31.6 Å². The molecule has 28 heavy (non-hydrogen) atoms. The monoisotopic (exact) mass is 424 g/mol. The van der Waals surface area contributed by atoms with Gasteiger partial charge in [0.25, 0.3) is 5.91 Å². The molecule has 10 heteroatoms. The fourth-order valence-electron chi connectivity index (χ4n) is 2.96. The summed E-state index contributed by atoms with van der Waals surface area (Å²) in [6.07, 6.45) is 1.58. The predicted molar refractivity (Wildman–Crippen MR) is 104 cm³/mol. The van der Waals surface area contributed by atoms with Crippen molar-refractivity contribution in [1.82, 2.24) is 4.72 Å². The summed E-state index contributed by atoms with van der Waals surface area (Å²) in [6.45, 7) is -0.382. The van der Waals surface area contributed by atoms with Crippen LogP contribution >= 0.6 is 0 Å². The number of carbonyl (C=O) groups excluding carboxylic acids is 1. The van der Waals surface area contributed by atoms with Crippen LogP contribution in [0.3, 0.4) is 0 Å². The first-order valence-corrected chi connectivity index (χ1v) is 11.7. The standard InChI is InChI=1S/C18H20N2O6S2/c21-17-12-14(9-10-16(17)20-13-18(22)19-28(20,25)26)6-4-5-11-27(23,24)15-7-2-1-3-8-15/h1-3,7-10,12,21H,4-6,11,13H2,(H,19,22). The van der Waals surface area contributed by atoms with Gasteiger partial charge < -0.3 is 5.11 Å². The van der Waals surface area contributed by atoms with Crippen LogP contribution in [0.5, 0.6) is 5.75 Å². The lowest BCUT2D eigenvalue weighted by atomic mass is 10.1. The molecule has 150 valence electrons. The lowest BCUT2D eigenvalue weighted by molar-refractivity contribution is -0.117. The molecular formula is C18H20N2O6S2. The second kappa shape index (κ2) is 7.80. The molecule has 1 fully saturated rings. The van der Waals surface area contributed by atoms with Crippen LogP contribution in [0.25, 0.3) is 0 Å². The van der Waals surface area contributed by atoms with E-state index in [1.165, 1.54) is 12.1 Å². The lowest BCUT2D eigenvalue weighted by Gasteiger charge is -2.16. The van der Waals surface area contributed by atoms with Crippen LogP contribution in [0, 0.1) is 0 Å². The van der Waals surface area contributed by atoms with Gasteiger partial charge >= 0.3 is 10.2 Å². The first-order valence-electron chi connectivity index (χ1n) is 8.62. The first kappa shape index (κ1) is 20.2. The van der Waals surface area contributed by atoms with Gasteiger partial charge in [-0.3, -0.25) is 4.79 Å². The number of aromatic hydroxyl groups is 1. The fourth-order valence-corrected chi connectivity index (χ4v) is 5.52. The van der Waals surface area contributed by atoms with Crippen molar-refractivity contribution in [3.8, 4) is 5.75 Å². The van der Waals surface area contributed by atoms with E-state index in [0.29, 0.717) is 24.2 Å². The smallest absolute Gasteiger partial charge is 0.326 e. The third-order valence-electron chi connectivity index (χ3n) is 4.36. The predicted octanol–water partition coefficient (Wildman–Crippen LogP) is 1.37. The van der Waals surface area contributed by atoms with E-state index in [1.807, 2.05) is 4.72 Å². The molecule has 0 atom stereocenters. The van der Waals surface area contributed by atoms with E-state index in [9.17, 15) is 26.7 Å². The summed E-state index contributed by atoms with van der Waals surface area (Å²) < 4.78 is 50.8. The maximum absolute atomic E-state index is 12.2. The number of anilines is 1. The van der Waals surface area contributed by atoms with Gasteiger partial charge in [-0.25, -0.2) is 17.4 Å². The number of nitrogens with one attached hydrogen (secondary N) is 1. The Labute approximate surface area is 163 Å². The highest BCUT2D eigenvalue weighted by Crippen LogP contribution is 2.31. The fraction of sp³-hybridized carbons (Fsp3) is 0.278. The summed E-state index contributed by atoms with van der Waals surface area (Å²) >= 11 is 0. The first-order chi connectivity index (χ1) is 13.2. The van der Waals surface area contributed by atoms with Crippen LogP contribution in [0.15, 0.2) is 53.4 Å². The van der Waals surface area contributed by atoms with E-state index >= 15 is 0 Å². The highest BCUT2D eigenvalue weighted by molar-refractivity contribution is 7.92. The summed E-state index contributed by atoms with van der Waals surface area (Å²) in [4.78, 5) is 11.6. The van der Waals surface area contributed by atoms with Crippen molar-refractivity contribution in [1.29, 1.82) is 0 Å². The Hall–Kier alpha value is -2.59. The molecule has 0 aromatic heterocycles. The molecule has 1 saturated heterocycles. The van der Waals surface area contributed by atoms with Crippen LogP contribution in [0.2, 0.25) is 0 Å². The molecule has 2 aromatic carbocycles. The van der Waals surface area contributed by atoms with E-state index in [1.54, 1.807) is 36.4 Å². The highest BCUT2D eigenvalue weighted by atomic mass is 32.2. The minimum absolute atomic E-state index is 0.0220. The number of amides is 1. The number of rotatable bonds is 7. The number of phenols is 1. The van der Waals surface area contributed by atoms with Crippen molar-refractivity contribution in [3.63, 3.8) is 0 Å². The van der Waals surface area contributed by atoms with E-state index in [2.05, 4.69) is 0 Å². The third-order valence-corrected chi connectivity index (χ3v) is 7.57. The minimum Gasteiger partial charge on any atom is -0.506 e. The molecule has 0 spiro atoms. The quantitative estimate of drug-likeness (QED) is 0.648. The number of nitrogens with zero attached hydrogens (tertiary/aromatic N) is 1. The molecule has 0 saturated carbocycles. The summed E-state index contributed by atoms with van der Waals surface area (Å²) in [5.41, 5.74) is 0.767. The zero-order valence-corrected chi connectivity index (χ0v) is 16.5. The van der Waals surface area contributed by atoms with Crippen molar-refractivity contribution in [2.45, 2.75) is 24.2 Å². The number of phenolic OH excluding ortho intramolecular Hbond substituents is 1. The highest BCUT2D eigenvalue weighted by Gasteiger charge is 2.35. The largest absolute Gasteiger partial charge is 0.506 e. The number of unbranched alkanes of at least 4 members (excludes halogenated alkanes) is 1. The lowest BCUT2D eigenvalue weighted by Crippen LogP contribution is -2.29. The van der Waals surface area contributed by atoms with Crippen LogP contribution in [-0.4, -0.2) is 40.1 Å². The number of carbonyl (C=O) groups is 1. The van der Waals surface area contributed by atoms with Gasteiger partial charge in [0.15, 0.2) is 9.84 Å². The average Bonchev–Trinajstić information content (AvgIpc) is 2.92. The van der Waals surface area contributed by atoms with Crippen LogP contribution < -0.4 is 9.03 Å². The van der Waals surface area contributed by atoms with Crippen LogP contribution in [-0.2, 0) is 31.3 Å². The zero-order valence-electron chi connectivity index (χ0n) is 14.9. The Morgan fingerprint density at radius 3 is 2.39 bits per heavy atom. The molecule has 0 aliphatic carbocycles. The summed E-state index contributed by atoms with van der Waals surface area (Å²) in [5, 5.41) is 10.2. The maximum Gasteiger partial charge on any atom is 0.326 e. The minimum atomic E-state index is -3.98. The Balaban J connectivity index is 1.59. The van der Waals surface area contributed by atoms with Gasteiger partial charge in [0.1, 0.15) is 12.3 Å². The molecule has 0 radical (unpaired) electrons. The average molecular weight is 424 g/mol. The molecular weight excluding hydrogens is 404 g/mol. The van der Waals surface area contributed by atoms with Crippen LogP contribution in [0.1, 0.15) is 18.4 Å². The number of benzene rings is 2. The Morgan fingerprint density at radius 1 is 1.07 bits per heavy atom. The van der Waals surface area contributed by atoms with E-state index in [-0.39, 0.29) is 23.7 Å². The molecule has 1 amide bonds. The normalized spacial score (nSPS) is 16.1. The van der Waals surface area contributed by atoms with Gasteiger partial charge in [0, 0.05) is 0 Å². The van der Waals surface area contributed by atoms with E-state index < -0.39 is 26.0 Å². The van der Waals surface area contributed by atoms with Gasteiger partial charge in [-0.15, -0.1) is 0 Å². The molecule has 0 bridgehead atoms. The van der Waals surface area contributed by atoms with Gasteiger partial charge in [0.05, 0.1) is 16.3 Å². The van der Waals surface area contributed by atoms with Crippen molar-refractivity contribution in [2.75, 3.05) is 16.6 Å². The zero-order chi connectivity index (χ0) is 20.4. The third kappa shape index (κ3) is 4.45. The Kier molecular flexibility index (Phi) is 5.61. The maximum atomic E-state index is 12.2. The van der Waals surface area contributed by atoms with E-state index in [0.717, 1.165) is 9.87 Å². The summed E-state index contributed by atoms with van der Waals surface area (Å²) in [7, 11) is -7.30. The van der Waals surface area contributed by atoms with Gasteiger partial charge in [0.2, 0.25) is 0 Å². The Morgan fingerprint density at radius 2 is 1.79 bits per heavy atom. The summed E-state index contributed by atoms with van der Waals surface area (Å²) in [5.74, 6) is -0.890. The van der Waals surface area contributed by atoms with E-state index in [4.69, 9.17) is 0 Å². The number of hydrogen-bond acceptors (Lipinski definition) is 6. The van der Waals surface area contributed by atoms with Crippen molar-refractivity contribution < 1.29 is 26.7 Å².